The minimum Gasteiger partial charge on any atom is -0.356 e. The van der Waals surface area contributed by atoms with Crippen molar-refractivity contribution in [1.29, 1.82) is 0 Å². The van der Waals surface area contributed by atoms with Gasteiger partial charge in [-0.15, -0.1) is 24.0 Å². The zero-order valence-corrected chi connectivity index (χ0v) is 20.1. The van der Waals surface area contributed by atoms with Gasteiger partial charge in [0, 0.05) is 33.2 Å². The highest BCUT2D eigenvalue weighted by atomic mass is 127. The highest BCUT2D eigenvalue weighted by Gasteiger charge is 2.32. The van der Waals surface area contributed by atoms with Crippen LogP contribution < -0.4 is 10.6 Å². The quantitative estimate of drug-likeness (QED) is 0.310. The predicted octanol–water partition coefficient (Wildman–Crippen LogP) is 2.68. The van der Waals surface area contributed by atoms with Crippen LogP contribution in [0.3, 0.4) is 0 Å². The normalized spacial score (nSPS) is 22.4. The van der Waals surface area contributed by atoms with Crippen molar-refractivity contribution >= 4 is 35.8 Å². The molecule has 158 valence electrons. The smallest absolute Gasteiger partial charge is 0.243 e. The molecule has 1 amide bonds. The molecule has 1 atom stereocenters. The molecule has 0 radical (unpaired) electrons. The number of aliphatic imine (C=N–C) groups is 1. The molecule has 0 bridgehead atoms. The Bertz CT molecular complexity index is 477. The fraction of sp³-hybridized carbons (Fsp3) is 0.900. The van der Waals surface area contributed by atoms with Gasteiger partial charge in [-0.25, -0.2) is 4.99 Å². The second-order valence-corrected chi connectivity index (χ2v) is 8.17. The molecule has 1 aliphatic heterocycles. The van der Waals surface area contributed by atoms with Crippen molar-refractivity contribution < 1.29 is 4.79 Å². The minimum absolute atomic E-state index is 0. The molecule has 1 aliphatic carbocycles. The van der Waals surface area contributed by atoms with Crippen molar-refractivity contribution in [2.45, 2.75) is 64.8 Å². The van der Waals surface area contributed by atoms with E-state index in [0.29, 0.717) is 11.5 Å². The van der Waals surface area contributed by atoms with Gasteiger partial charge in [0.05, 0.1) is 0 Å². The molecule has 2 N–H and O–H groups in total. The molecule has 27 heavy (non-hydrogen) atoms. The number of nitrogens with one attached hydrogen (secondary N) is 2. The average molecular weight is 493 g/mol. The Hall–Kier alpha value is -0.570. The molecular weight excluding hydrogens is 453 g/mol. The Kier molecular flexibility index (Phi) is 11.0. The van der Waals surface area contributed by atoms with Gasteiger partial charge in [-0.1, -0.05) is 26.7 Å². The SMILES string of the molecule is CCN1CCCC1CNC(=NCC(=O)N(C)C)NCC1(CC)CCCC1.I. The molecular formula is C20H40IN5O. The summed E-state index contributed by atoms with van der Waals surface area (Å²) < 4.78 is 0. The summed E-state index contributed by atoms with van der Waals surface area (Å²) in [6.45, 7) is 8.87. The summed E-state index contributed by atoms with van der Waals surface area (Å²) in [5.74, 6) is 0.830. The molecule has 1 saturated carbocycles. The van der Waals surface area contributed by atoms with E-state index in [-0.39, 0.29) is 36.4 Å². The first kappa shape index (κ1) is 24.5. The molecule has 2 rings (SSSR count). The molecule has 0 spiro atoms. The second-order valence-electron chi connectivity index (χ2n) is 8.17. The van der Waals surface area contributed by atoms with E-state index >= 15 is 0 Å². The van der Waals surface area contributed by atoms with Crippen LogP contribution in [0.4, 0.5) is 0 Å². The number of carbonyl (C=O) groups is 1. The van der Waals surface area contributed by atoms with Gasteiger partial charge in [-0.3, -0.25) is 9.69 Å². The van der Waals surface area contributed by atoms with E-state index in [1.165, 1.54) is 51.5 Å². The summed E-state index contributed by atoms with van der Waals surface area (Å²) in [6, 6.07) is 0.572. The largest absolute Gasteiger partial charge is 0.356 e. The first-order chi connectivity index (χ1) is 12.5. The van der Waals surface area contributed by atoms with Crippen LogP contribution in [-0.4, -0.2) is 74.5 Å². The van der Waals surface area contributed by atoms with Crippen molar-refractivity contribution in [3.05, 3.63) is 0 Å². The Morgan fingerprint density at radius 2 is 1.89 bits per heavy atom. The number of amides is 1. The maximum Gasteiger partial charge on any atom is 0.243 e. The average Bonchev–Trinajstić information content (AvgIpc) is 3.30. The fourth-order valence-electron chi connectivity index (χ4n) is 4.27. The summed E-state index contributed by atoms with van der Waals surface area (Å²) in [7, 11) is 3.56. The first-order valence-electron chi connectivity index (χ1n) is 10.5. The lowest BCUT2D eigenvalue weighted by molar-refractivity contribution is -0.127. The Balaban J connectivity index is 0.00000364. The number of hydrogen-bond donors (Lipinski definition) is 2. The van der Waals surface area contributed by atoms with Crippen LogP contribution >= 0.6 is 24.0 Å². The van der Waals surface area contributed by atoms with Crippen LogP contribution in [0.15, 0.2) is 4.99 Å². The van der Waals surface area contributed by atoms with Crippen molar-refractivity contribution in [2.75, 3.05) is 46.8 Å². The summed E-state index contributed by atoms with van der Waals surface area (Å²) in [6.07, 6.45) is 8.99. The van der Waals surface area contributed by atoms with Gasteiger partial charge in [0.15, 0.2) is 5.96 Å². The lowest BCUT2D eigenvalue weighted by atomic mass is 9.83. The van der Waals surface area contributed by atoms with Crippen molar-refractivity contribution in [2.24, 2.45) is 10.4 Å². The van der Waals surface area contributed by atoms with Gasteiger partial charge >= 0.3 is 0 Å². The molecule has 0 aromatic heterocycles. The Labute approximate surface area is 182 Å². The lowest BCUT2D eigenvalue weighted by Crippen LogP contribution is -2.47. The highest BCUT2D eigenvalue weighted by molar-refractivity contribution is 14.0. The summed E-state index contributed by atoms with van der Waals surface area (Å²) >= 11 is 0. The van der Waals surface area contributed by atoms with Crippen molar-refractivity contribution in [3.63, 3.8) is 0 Å². The van der Waals surface area contributed by atoms with Crippen LogP contribution in [0.2, 0.25) is 0 Å². The molecule has 1 unspecified atom stereocenters. The maximum absolute atomic E-state index is 11.9. The van der Waals surface area contributed by atoms with E-state index in [0.717, 1.165) is 25.6 Å². The third-order valence-electron chi connectivity index (χ3n) is 6.33. The number of halogens is 1. The summed E-state index contributed by atoms with van der Waals surface area (Å²) in [5, 5.41) is 7.07. The highest BCUT2D eigenvalue weighted by Crippen LogP contribution is 2.40. The van der Waals surface area contributed by atoms with Crippen LogP contribution in [0.1, 0.15) is 58.8 Å². The Morgan fingerprint density at radius 1 is 1.19 bits per heavy atom. The van der Waals surface area contributed by atoms with Crippen LogP contribution in [0.5, 0.6) is 0 Å². The van der Waals surface area contributed by atoms with Gasteiger partial charge in [0.1, 0.15) is 6.54 Å². The van der Waals surface area contributed by atoms with E-state index in [1.807, 2.05) is 0 Å². The number of hydrogen-bond acceptors (Lipinski definition) is 3. The molecule has 6 nitrogen and oxygen atoms in total. The van der Waals surface area contributed by atoms with Gasteiger partial charge in [0.25, 0.3) is 0 Å². The molecule has 1 heterocycles. The first-order valence-corrected chi connectivity index (χ1v) is 10.5. The Morgan fingerprint density at radius 3 is 2.48 bits per heavy atom. The van der Waals surface area contributed by atoms with E-state index < -0.39 is 0 Å². The standard InChI is InChI=1S/C20H39N5O.HI/c1-5-20(11-7-8-12-20)16-23-19(22-15-18(26)24(3)4)21-14-17-10-9-13-25(17)6-2;/h17H,5-16H2,1-4H3,(H2,21,22,23);1H. The van der Waals surface area contributed by atoms with E-state index in [4.69, 9.17) is 0 Å². The minimum atomic E-state index is 0. The maximum atomic E-state index is 11.9. The van der Waals surface area contributed by atoms with Crippen LogP contribution in [0.25, 0.3) is 0 Å². The molecule has 2 fully saturated rings. The van der Waals surface area contributed by atoms with Crippen LogP contribution in [-0.2, 0) is 4.79 Å². The van der Waals surface area contributed by atoms with Crippen molar-refractivity contribution in [1.82, 2.24) is 20.4 Å². The number of guanidine groups is 1. The monoisotopic (exact) mass is 493 g/mol. The topological polar surface area (TPSA) is 60.0 Å². The zero-order chi connectivity index (χ0) is 19.0. The molecule has 0 aromatic rings. The molecule has 0 aromatic carbocycles. The van der Waals surface area contributed by atoms with E-state index in [1.54, 1.807) is 19.0 Å². The van der Waals surface area contributed by atoms with Crippen LogP contribution in [0, 0.1) is 5.41 Å². The molecule has 7 heteroatoms. The molecule has 1 saturated heterocycles. The van der Waals surface area contributed by atoms with Gasteiger partial charge < -0.3 is 15.5 Å². The van der Waals surface area contributed by atoms with Gasteiger partial charge in [-0.05, 0) is 50.6 Å². The van der Waals surface area contributed by atoms with E-state index in [2.05, 4.69) is 34.4 Å². The number of nitrogens with zero attached hydrogens (tertiary/aromatic N) is 3. The number of likely N-dealkylation sites (tertiary alicyclic amines) is 1. The predicted molar refractivity (Wildman–Crippen MR) is 124 cm³/mol. The summed E-state index contributed by atoms with van der Waals surface area (Å²) in [4.78, 5) is 20.6. The number of rotatable bonds is 8. The fourth-order valence-corrected chi connectivity index (χ4v) is 4.27. The third-order valence-corrected chi connectivity index (χ3v) is 6.33. The number of likely N-dealkylation sites (N-methyl/N-ethyl adjacent to an activating group) is 2. The van der Waals surface area contributed by atoms with Crippen molar-refractivity contribution in [3.8, 4) is 0 Å². The summed E-state index contributed by atoms with van der Waals surface area (Å²) in [5.41, 5.74) is 0.400. The zero-order valence-electron chi connectivity index (χ0n) is 17.7. The molecule has 2 aliphatic rings. The number of carbonyl (C=O) groups excluding carboxylic acids is 1. The third kappa shape index (κ3) is 7.40. The lowest BCUT2D eigenvalue weighted by Gasteiger charge is -2.29. The second kappa shape index (κ2) is 12.1. The van der Waals surface area contributed by atoms with E-state index in [9.17, 15) is 4.79 Å². The van der Waals surface area contributed by atoms with Gasteiger partial charge in [0.2, 0.25) is 5.91 Å². The van der Waals surface area contributed by atoms with Gasteiger partial charge in [-0.2, -0.15) is 0 Å².